The van der Waals surface area contributed by atoms with Gasteiger partial charge in [0.25, 0.3) is 0 Å². The molecule has 1 fully saturated rings. The summed E-state index contributed by atoms with van der Waals surface area (Å²) < 4.78 is 11.4. The fourth-order valence-corrected chi connectivity index (χ4v) is 5.43. The molecular weight excluding hydrogens is 402 g/mol. The number of ether oxygens (including phenoxy) is 2. The van der Waals surface area contributed by atoms with Crippen molar-refractivity contribution in [2.24, 2.45) is 0 Å². The van der Waals surface area contributed by atoms with Crippen LogP contribution in [0.3, 0.4) is 0 Å². The van der Waals surface area contributed by atoms with Crippen LogP contribution in [0.5, 0.6) is 5.75 Å². The van der Waals surface area contributed by atoms with Crippen molar-refractivity contribution in [3.63, 3.8) is 0 Å². The van der Waals surface area contributed by atoms with Crippen LogP contribution in [0.15, 0.2) is 29.3 Å². The summed E-state index contributed by atoms with van der Waals surface area (Å²) in [6.45, 7) is 11.3. The van der Waals surface area contributed by atoms with Gasteiger partial charge in [-0.2, -0.15) is 0 Å². The number of rotatable bonds is 7. The first-order valence-electron chi connectivity index (χ1n) is 10.00. The second-order valence-electron chi connectivity index (χ2n) is 7.26. The zero-order valence-electron chi connectivity index (χ0n) is 17.2. The molecule has 1 saturated heterocycles. The van der Waals surface area contributed by atoms with Crippen LogP contribution in [0.25, 0.3) is 10.2 Å². The maximum Gasteiger partial charge on any atom is 0.145 e. The van der Waals surface area contributed by atoms with E-state index in [1.54, 1.807) is 23.1 Å². The first-order chi connectivity index (χ1) is 14.1. The second kappa shape index (κ2) is 9.43. The SMILES string of the molecule is Cc1ccccc1OCCSc1nc(CN2CCOCC2)nc2sc(C)c(C)c12. The molecule has 0 atom stereocenters. The van der Waals surface area contributed by atoms with E-state index in [1.165, 1.54) is 21.4 Å². The van der Waals surface area contributed by atoms with Crippen molar-refractivity contribution in [3.8, 4) is 5.75 Å². The van der Waals surface area contributed by atoms with Gasteiger partial charge in [0.15, 0.2) is 0 Å². The quantitative estimate of drug-likeness (QED) is 0.310. The summed E-state index contributed by atoms with van der Waals surface area (Å²) in [7, 11) is 0. The van der Waals surface area contributed by atoms with Crippen molar-refractivity contribution in [3.05, 3.63) is 46.1 Å². The Bertz CT molecular complexity index is 984. The maximum atomic E-state index is 5.97. The molecule has 7 heteroatoms. The van der Waals surface area contributed by atoms with E-state index < -0.39 is 0 Å². The normalized spacial score (nSPS) is 15.1. The molecule has 0 unspecified atom stereocenters. The van der Waals surface area contributed by atoms with E-state index in [1.807, 2.05) is 18.2 Å². The van der Waals surface area contributed by atoms with Crippen LogP contribution in [-0.4, -0.2) is 53.5 Å². The van der Waals surface area contributed by atoms with Gasteiger partial charge in [-0.15, -0.1) is 23.1 Å². The van der Waals surface area contributed by atoms with E-state index in [2.05, 4.69) is 31.7 Å². The van der Waals surface area contributed by atoms with Crippen molar-refractivity contribution in [2.75, 3.05) is 38.7 Å². The van der Waals surface area contributed by atoms with Crippen molar-refractivity contribution < 1.29 is 9.47 Å². The molecule has 0 amide bonds. The van der Waals surface area contributed by atoms with Crippen LogP contribution in [0.2, 0.25) is 0 Å². The summed E-state index contributed by atoms with van der Waals surface area (Å²) in [5, 5.41) is 2.28. The van der Waals surface area contributed by atoms with Crippen molar-refractivity contribution in [1.29, 1.82) is 0 Å². The lowest BCUT2D eigenvalue weighted by Gasteiger charge is -2.25. The molecule has 0 spiro atoms. The molecule has 0 bridgehead atoms. The Kier molecular flexibility index (Phi) is 6.70. The number of hydrogen-bond acceptors (Lipinski definition) is 7. The monoisotopic (exact) mass is 429 g/mol. The van der Waals surface area contributed by atoms with Gasteiger partial charge in [0.05, 0.1) is 26.4 Å². The van der Waals surface area contributed by atoms with E-state index >= 15 is 0 Å². The average molecular weight is 430 g/mol. The van der Waals surface area contributed by atoms with Crippen LogP contribution in [0, 0.1) is 20.8 Å². The van der Waals surface area contributed by atoms with E-state index in [4.69, 9.17) is 19.4 Å². The number of hydrogen-bond donors (Lipinski definition) is 0. The number of thioether (sulfide) groups is 1. The van der Waals surface area contributed by atoms with Gasteiger partial charge in [-0.1, -0.05) is 18.2 Å². The molecule has 0 aliphatic carbocycles. The summed E-state index contributed by atoms with van der Waals surface area (Å²) in [4.78, 5) is 14.6. The largest absolute Gasteiger partial charge is 0.492 e. The topological polar surface area (TPSA) is 47.5 Å². The first kappa shape index (κ1) is 20.6. The third-order valence-electron chi connectivity index (χ3n) is 5.18. The summed E-state index contributed by atoms with van der Waals surface area (Å²) in [6.07, 6.45) is 0. The number of thiophene rings is 1. The minimum absolute atomic E-state index is 0.655. The van der Waals surface area contributed by atoms with Crippen LogP contribution < -0.4 is 4.74 Å². The average Bonchev–Trinajstić information content (AvgIpc) is 3.01. The van der Waals surface area contributed by atoms with E-state index in [0.717, 1.165) is 60.0 Å². The third kappa shape index (κ3) is 4.91. The molecule has 1 aliphatic rings. The van der Waals surface area contributed by atoms with Crippen LogP contribution in [0.4, 0.5) is 0 Å². The summed E-state index contributed by atoms with van der Waals surface area (Å²) in [6, 6.07) is 8.15. The highest BCUT2D eigenvalue weighted by atomic mass is 32.2. The van der Waals surface area contributed by atoms with Crippen LogP contribution in [0.1, 0.15) is 21.8 Å². The molecule has 0 N–H and O–H groups in total. The van der Waals surface area contributed by atoms with Crippen molar-refractivity contribution >= 4 is 33.3 Å². The number of nitrogens with zero attached hydrogens (tertiary/aromatic N) is 3. The Morgan fingerprint density at radius 1 is 1.14 bits per heavy atom. The first-order valence-corrected chi connectivity index (χ1v) is 11.8. The Morgan fingerprint density at radius 2 is 1.93 bits per heavy atom. The Labute approximate surface area is 180 Å². The molecule has 3 heterocycles. The van der Waals surface area contributed by atoms with Crippen LogP contribution in [-0.2, 0) is 11.3 Å². The van der Waals surface area contributed by atoms with E-state index in [9.17, 15) is 0 Å². The highest BCUT2D eigenvalue weighted by Gasteiger charge is 2.18. The van der Waals surface area contributed by atoms with Gasteiger partial charge in [0, 0.05) is 29.1 Å². The van der Waals surface area contributed by atoms with Crippen molar-refractivity contribution in [1.82, 2.24) is 14.9 Å². The zero-order chi connectivity index (χ0) is 20.2. The highest BCUT2D eigenvalue weighted by molar-refractivity contribution is 7.99. The molecule has 1 aromatic carbocycles. The van der Waals surface area contributed by atoms with Gasteiger partial charge in [-0.05, 0) is 38.0 Å². The third-order valence-corrected chi connectivity index (χ3v) is 7.22. The van der Waals surface area contributed by atoms with Gasteiger partial charge < -0.3 is 9.47 Å². The van der Waals surface area contributed by atoms with Gasteiger partial charge in [0.1, 0.15) is 21.4 Å². The summed E-state index contributed by atoms with van der Waals surface area (Å²) >= 11 is 3.53. The summed E-state index contributed by atoms with van der Waals surface area (Å²) in [5.41, 5.74) is 2.46. The minimum Gasteiger partial charge on any atom is -0.492 e. The second-order valence-corrected chi connectivity index (χ2v) is 9.55. The highest BCUT2D eigenvalue weighted by Crippen LogP contribution is 2.35. The fraction of sp³-hybridized carbons (Fsp3) is 0.455. The summed E-state index contributed by atoms with van der Waals surface area (Å²) in [5.74, 6) is 2.71. The predicted molar refractivity (Wildman–Crippen MR) is 120 cm³/mol. The molecule has 154 valence electrons. The molecule has 0 radical (unpaired) electrons. The number of fused-ring (bicyclic) bond motifs is 1. The maximum absolute atomic E-state index is 5.97. The Hall–Kier alpha value is -1.67. The Morgan fingerprint density at radius 3 is 2.72 bits per heavy atom. The predicted octanol–water partition coefficient (Wildman–Crippen LogP) is 4.62. The lowest BCUT2D eigenvalue weighted by molar-refractivity contribution is 0.0330. The molecule has 1 aliphatic heterocycles. The number of morpholine rings is 1. The minimum atomic E-state index is 0.655. The van der Waals surface area contributed by atoms with E-state index in [-0.39, 0.29) is 0 Å². The standard InChI is InChI=1S/C22H27N3O2S2/c1-15-6-4-5-7-18(15)27-12-13-28-21-20-16(2)17(3)29-22(20)24-19(23-21)14-25-8-10-26-11-9-25/h4-7H,8-14H2,1-3H3. The number of benzene rings is 1. The molecule has 3 aromatic rings. The van der Waals surface area contributed by atoms with E-state index in [0.29, 0.717) is 6.61 Å². The van der Waals surface area contributed by atoms with Gasteiger partial charge >= 0.3 is 0 Å². The molecule has 4 rings (SSSR count). The Balaban J connectivity index is 1.49. The lowest BCUT2D eigenvalue weighted by Crippen LogP contribution is -2.36. The molecule has 5 nitrogen and oxygen atoms in total. The zero-order valence-corrected chi connectivity index (χ0v) is 18.9. The molecule has 0 saturated carbocycles. The fourth-order valence-electron chi connectivity index (χ4n) is 3.40. The number of para-hydroxylation sites is 1. The van der Waals surface area contributed by atoms with Gasteiger partial charge in [-0.25, -0.2) is 9.97 Å². The lowest BCUT2D eigenvalue weighted by atomic mass is 10.2. The smallest absolute Gasteiger partial charge is 0.145 e. The molecule has 29 heavy (non-hydrogen) atoms. The molecule has 2 aromatic heterocycles. The van der Waals surface area contributed by atoms with Crippen molar-refractivity contribution in [2.45, 2.75) is 32.3 Å². The van der Waals surface area contributed by atoms with Gasteiger partial charge in [-0.3, -0.25) is 4.90 Å². The molecular formula is C22H27N3O2S2. The number of aryl methyl sites for hydroxylation is 3. The number of aromatic nitrogens is 2. The van der Waals surface area contributed by atoms with Crippen LogP contribution >= 0.6 is 23.1 Å². The van der Waals surface area contributed by atoms with Gasteiger partial charge in [0.2, 0.25) is 0 Å².